The molecule has 0 bridgehead atoms. The molecule has 0 radical (unpaired) electrons. The second-order valence-corrected chi connectivity index (χ2v) is 15.2. The van der Waals surface area contributed by atoms with E-state index < -0.39 is 0 Å². The van der Waals surface area contributed by atoms with E-state index in [0.717, 1.165) is 24.9 Å². The summed E-state index contributed by atoms with van der Waals surface area (Å²) < 4.78 is 0. The molecule has 2 rings (SSSR count). The Morgan fingerprint density at radius 2 is 0.959 bits per heavy atom. The molecule has 1 aromatic heterocycles. The number of hydrogen-bond donors (Lipinski definition) is 2. The number of amides is 1. The Kier molecular flexibility index (Phi) is 28.4. The minimum atomic E-state index is 0.182. The minimum absolute atomic E-state index is 0.182. The van der Waals surface area contributed by atoms with E-state index in [1.165, 1.54) is 204 Å². The van der Waals surface area contributed by atoms with Gasteiger partial charge < -0.3 is 15.2 Å². The summed E-state index contributed by atoms with van der Waals surface area (Å²) in [6.45, 7) is 9.27. The number of aromatic amines is 1. The normalized spacial score (nSPS) is 11.7. The van der Waals surface area contributed by atoms with Crippen molar-refractivity contribution in [1.82, 2.24) is 15.2 Å². The van der Waals surface area contributed by atoms with E-state index in [2.05, 4.69) is 53.4 Å². The Balaban J connectivity index is 1.52. The summed E-state index contributed by atoms with van der Waals surface area (Å²) in [5.74, 6) is 0.182. The molecule has 1 amide bonds. The maximum Gasteiger partial charge on any atom is 0.220 e. The zero-order chi connectivity index (χ0) is 34.9. The van der Waals surface area contributed by atoms with Gasteiger partial charge in [0.1, 0.15) is 0 Å². The molecule has 0 atom stereocenters. The van der Waals surface area contributed by atoms with E-state index in [-0.39, 0.29) is 5.91 Å². The summed E-state index contributed by atoms with van der Waals surface area (Å²) in [7, 11) is 0. The highest BCUT2D eigenvalue weighted by Crippen LogP contribution is 2.19. The summed E-state index contributed by atoms with van der Waals surface area (Å²) in [4.78, 5) is 18.5. The Hall–Kier alpha value is -1.81. The number of carbonyl (C=O) groups excluding carboxylic acids is 1. The molecule has 2 N–H and O–H groups in total. The fraction of sp³-hybridized carbons (Fsp3) is 0.800. The molecule has 2 aromatic rings. The highest BCUT2D eigenvalue weighted by atomic mass is 16.1. The molecule has 4 heteroatoms. The first-order valence-corrected chi connectivity index (χ1v) is 21.8. The highest BCUT2D eigenvalue weighted by Gasteiger charge is 2.08. The van der Waals surface area contributed by atoms with Gasteiger partial charge in [-0.1, -0.05) is 186 Å². The lowest BCUT2D eigenvalue weighted by atomic mass is 10.0. The smallest absolute Gasteiger partial charge is 0.220 e. The Bertz CT molecular complexity index is 972. The molecule has 0 aliphatic heterocycles. The van der Waals surface area contributed by atoms with Crippen LogP contribution in [0.25, 0.3) is 10.9 Å². The Morgan fingerprint density at radius 3 is 1.43 bits per heavy atom. The molecule has 0 unspecified atom stereocenters. The van der Waals surface area contributed by atoms with E-state index >= 15 is 0 Å². The van der Waals surface area contributed by atoms with Crippen molar-refractivity contribution in [3.63, 3.8) is 0 Å². The summed E-state index contributed by atoms with van der Waals surface area (Å²) in [5.41, 5.74) is 2.39. The monoisotopic (exact) mass is 680 g/mol. The number of rotatable bonds is 36. The van der Waals surface area contributed by atoms with Gasteiger partial charge in [-0.25, -0.2) is 0 Å². The SMILES string of the molecule is CCCCCCCCCCCCCCN(CCCCCCCCCCCCCC)CCCCCCNC(=O)CCc1c[nH]c2ccccc12. The molecule has 1 heterocycles. The van der Waals surface area contributed by atoms with Crippen molar-refractivity contribution in [3.8, 4) is 0 Å². The van der Waals surface area contributed by atoms with Gasteiger partial charge in [-0.2, -0.15) is 0 Å². The lowest BCUT2D eigenvalue weighted by Crippen LogP contribution is -2.27. The molecular formula is C45H81N3O. The van der Waals surface area contributed by atoms with Crippen LogP contribution in [0.3, 0.4) is 0 Å². The maximum atomic E-state index is 12.4. The molecule has 0 aliphatic rings. The van der Waals surface area contributed by atoms with Crippen LogP contribution in [0.5, 0.6) is 0 Å². The lowest BCUT2D eigenvalue weighted by molar-refractivity contribution is -0.121. The van der Waals surface area contributed by atoms with Gasteiger partial charge in [-0.05, 0) is 63.4 Å². The zero-order valence-corrected chi connectivity index (χ0v) is 32.8. The van der Waals surface area contributed by atoms with Crippen LogP contribution in [0, 0.1) is 0 Å². The summed E-state index contributed by atoms with van der Waals surface area (Å²) in [6.07, 6.45) is 42.5. The number of para-hydroxylation sites is 1. The molecular weight excluding hydrogens is 599 g/mol. The topological polar surface area (TPSA) is 48.1 Å². The molecule has 0 saturated heterocycles. The molecule has 0 aliphatic carbocycles. The van der Waals surface area contributed by atoms with Gasteiger partial charge in [-0.3, -0.25) is 4.79 Å². The van der Waals surface area contributed by atoms with Crippen molar-refractivity contribution < 1.29 is 4.79 Å². The molecule has 0 saturated carbocycles. The number of aryl methyl sites for hydroxylation is 1. The average molecular weight is 680 g/mol. The molecule has 49 heavy (non-hydrogen) atoms. The van der Waals surface area contributed by atoms with Crippen LogP contribution in [0.4, 0.5) is 0 Å². The van der Waals surface area contributed by atoms with Crippen LogP contribution in [0.15, 0.2) is 30.5 Å². The number of unbranched alkanes of at least 4 members (excludes halogenated alkanes) is 25. The van der Waals surface area contributed by atoms with Crippen LogP contribution in [-0.2, 0) is 11.2 Å². The van der Waals surface area contributed by atoms with Crippen molar-refractivity contribution in [1.29, 1.82) is 0 Å². The quantitative estimate of drug-likeness (QED) is 0.0704. The first kappa shape index (κ1) is 43.4. The molecule has 0 spiro atoms. The van der Waals surface area contributed by atoms with Gasteiger partial charge in [0.25, 0.3) is 0 Å². The standard InChI is InChI=1S/C45H81N3O/c1-3-5-7-9-11-13-15-17-19-21-24-30-38-48(39-31-25-22-20-18-16-14-12-10-8-6-4-2)40-32-26-23-29-37-46-45(49)36-35-42-41-47-44-34-28-27-33-43(42)44/h27-28,33-34,41,47H,3-26,29-32,35-40H2,1-2H3,(H,46,49). The molecule has 0 fully saturated rings. The summed E-state index contributed by atoms with van der Waals surface area (Å²) in [5, 5.41) is 4.40. The first-order chi connectivity index (χ1) is 24.2. The molecule has 4 nitrogen and oxygen atoms in total. The van der Waals surface area contributed by atoms with Gasteiger partial charge in [0.05, 0.1) is 0 Å². The second kappa shape index (κ2) is 32.1. The largest absolute Gasteiger partial charge is 0.361 e. The van der Waals surface area contributed by atoms with Crippen molar-refractivity contribution >= 4 is 16.8 Å². The maximum absolute atomic E-state index is 12.4. The van der Waals surface area contributed by atoms with Crippen LogP contribution >= 0.6 is 0 Å². The van der Waals surface area contributed by atoms with Crippen LogP contribution in [0.1, 0.15) is 206 Å². The average Bonchev–Trinajstić information content (AvgIpc) is 3.54. The van der Waals surface area contributed by atoms with Crippen molar-refractivity contribution in [2.45, 2.75) is 206 Å². The van der Waals surface area contributed by atoms with Crippen molar-refractivity contribution in [3.05, 3.63) is 36.0 Å². The molecule has 282 valence electrons. The summed E-state index contributed by atoms with van der Waals surface area (Å²) in [6, 6.07) is 8.35. The number of H-pyrrole nitrogens is 1. The van der Waals surface area contributed by atoms with E-state index in [0.29, 0.717) is 6.42 Å². The first-order valence-electron chi connectivity index (χ1n) is 21.8. The van der Waals surface area contributed by atoms with Crippen LogP contribution in [0.2, 0.25) is 0 Å². The fourth-order valence-electron chi connectivity index (χ4n) is 7.41. The van der Waals surface area contributed by atoms with Crippen LogP contribution < -0.4 is 5.32 Å². The highest BCUT2D eigenvalue weighted by molar-refractivity contribution is 5.84. The number of fused-ring (bicyclic) bond motifs is 1. The Morgan fingerprint density at radius 1 is 0.551 bits per heavy atom. The Labute approximate surface area is 304 Å². The number of aromatic nitrogens is 1. The number of hydrogen-bond acceptors (Lipinski definition) is 2. The third kappa shape index (κ3) is 24.1. The number of benzene rings is 1. The minimum Gasteiger partial charge on any atom is -0.361 e. The van der Waals surface area contributed by atoms with E-state index in [9.17, 15) is 4.79 Å². The van der Waals surface area contributed by atoms with Gasteiger partial charge >= 0.3 is 0 Å². The zero-order valence-electron chi connectivity index (χ0n) is 32.8. The number of nitrogens with zero attached hydrogens (tertiary/aromatic N) is 1. The van der Waals surface area contributed by atoms with E-state index in [1.807, 2.05) is 6.07 Å². The van der Waals surface area contributed by atoms with Gasteiger partial charge in [0.2, 0.25) is 5.91 Å². The van der Waals surface area contributed by atoms with Gasteiger partial charge in [-0.15, -0.1) is 0 Å². The van der Waals surface area contributed by atoms with Gasteiger partial charge in [0, 0.05) is 30.1 Å². The van der Waals surface area contributed by atoms with E-state index in [1.54, 1.807) is 0 Å². The van der Waals surface area contributed by atoms with Crippen LogP contribution in [-0.4, -0.2) is 42.0 Å². The third-order valence-electron chi connectivity index (χ3n) is 10.7. The van der Waals surface area contributed by atoms with E-state index in [4.69, 9.17) is 0 Å². The van der Waals surface area contributed by atoms with Gasteiger partial charge in [0.15, 0.2) is 0 Å². The third-order valence-corrected chi connectivity index (χ3v) is 10.7. The fourth-order valence-corrected chi connectivity index (χ4v) is 7.41. The predicted molar refractivity (Wildman–Crippen MR) is 217 cm³/mol. The van der Waals surface area contributed by atoms with Crippen molar-refractivity contribution in [2.75, 3.05) is 26.2 Å². The second-order valence-electron chi connectivity index (χ2n) is 15.2. The number of carbonyl (C=O) groups is 1. The van der Waals surface area contributed by atoms with Crippen molar-refractivity contribution in [2.24, 2.45) is 0 Å². The lowest BCUT2D eigenvalue weighted by Gasteiger charge is -2.22. The predicted octanol–water partition coefficient (Wildman–Crippen LogP) is 13.5. The number of nitrogens with one attached hydrogen (secondary N) is 2. The summed E-state index contributed by atoms with van der Waals surface area (Å²) >= 11 is 0. The molecule has 1 aromatic carbocycles.